The number of nitrogens with zero attached hydrogens (tertiary/aromatic N) is 2. The Labute approximate surface area is 172 Å². The second-order valence-electron chi connectivity index (χ2n) is 7.48. The highest BCUT2D eigenvalue weighted by Gasteiger charge is 2.51. The van der Waals surface area contributed by atoms with Gasteiger partial charge in [-0.15, -0.1) is 0 Å². The molecule has 2 fully saturated rings. The second kappa shape index (κ2) is 8.37. The molecule has 0 spiro atoms. The first-order chi connectivity index (χ1) is 14.2. The van der Waals surface area contributed by atoms with Gasteiger partial charge in [0.15, 0.2) is 0 Å². The van der Waals surface area contributed by atoms with Crippen molar-refractivity contribution in [1.82, 2.24) is 15.1 Å². The number of hydrogen-bond acceptors (Lipinski definition) is 5. The minimum atomic E-state index is -1.74. The first kappa shape index (κ1) is 21.7. The Morgan fingerprint density at radius 2 is 1.90 bits per heavy atom. The van der Waals surface area contributed by atoms with Crippen LogP contribution in [0.1, 0.15) is 32.3 Å². The zero-order chi connectivity index (χ0) is 22.1. The molecule has 10 heteroatoms. The van der Waals surface area contributed by atoms with Gasteiger partial charge in [0.2, 0.25) is 5.91 Å². The van der Waals surface area contributed by atoms with Crippen LogP contribution in [0, 0.1) is 17.6 Å². The number of hydrogen-bond donors (Lipinski definition) is 1. The summed E-state index contributed by atoms with van der Waals surface area (Å²) in [7, 11) is 0. The fraction of sp³-hybridized carbons (Fsp3) is 0.500. The highest BCUT2D eigenvalue weighted by Crippen LogP contribution is 2.31. The normalized spacial score (nSPS) is 22.3. The molecular weight excluding hydrogens is 400 g/mol. The Balaban J connectivity index is 1.66. The topological polar surface area (TPSA) is 96.0 Å². The van der Waals surface area contributed by atoms with E-state index in [1.165, 1.54) is 11.8 Å². The zero-order valence-electron chi connectivity index (χ0n) is 16.7. The van der Waals surface area contributed by atoms with E-state index in [4.69, 9.17) is 4.74 Å². The van der Waals surface area contributed by atoms with Crippen molar-refractivity contribution in [2.75, 3.05) is 26.2 Å². The molecule has 1 atom stereocenters. The van der Waals surface area contributed by atoms with Crippen LogP contribution in [-0.2, 0) is 24.7 Å². The molecule has 0 radical (unpaired) electrons. The first-order valence-electron chi connectivity index (χ1n) is 9.71. The highest BCUT2D eigenvalue weighted by molar-refractivity contribution is 6.09. The number of likely N-dealkylation sites (tertiary alicyclic amines) is 1. The van der Waals surface area contributed by atoms with Crippen LogP contribution in [0.5, 0.6) is 0 Å². The van der Waals surface area contributed by atoms with Gasteiger partial charge in [0, 0.05) is 24.7 Å². The zero-order valence-corrected chi connectivity index (χ0v) is 16.7. The van der Waals surface area contributed by atoms with Crippen LogP contribution in [-0.4, -0.2) is 59.9 Å². The smallest absolute Gasteiger partial charge is 0.325 e. The molecule has 8 nitrogen and oxygen atoms in total. The van der Waals surface area contributed by atoms with Crippen molar-refractivity contribution >= 4 is 23.8 Å². The van der Waals surface area contributed by atoms with Gasteiger partial charge >= 0.3 is 12.0 Å². The minimum absolute atomic E-state index is 0.188. The standard InChI is InChI=1S/C20H23F2N3O5/c1-3-30-17(27)12-6-8-24(9-7-12)16(26)11-25-18(28)20(2,23-19(25)29)14-5-4-13(21)10-15(14)22/h4-5,10,12H,3,6-9,11H2,1-2H3,(H,23,29)/t20-/m0/s1. The van der Waals surface area contributed by atoms with Gasteiger partial charge in [0.25, 0.3) is 5.91 Å². The molecule has 1 N–H and O–H groups in total. The van der Waals surface area contributed by atoms with Crippen LogP contribution >= 0.6 is 0 Å². The van der Waals surface area contributed by atoms with Crippen LogP contribution in [0.4, 0.5) is 13.6 Å². The fourth-order valence-electron chi connectivity index (χ4n) is 3.78. The molecule has 0 saturated carbocycles. The van der Waals surface area contributed by atoms with Crippen molar-refractivity contribution in [3.8, 4) is 0 Å². The number of urea groups is 1. The number of ether oxygens (including phenoxy) is 1. The number of carbonyl (C=O) groups is 4. The Bertz CT molecular complexity index is 885. The van der Waals surface area contributed by atoms with E-state index in [0.29, 0.717) is 32.0 Å². The van der Waals surface area contributed by atoms with Gasteiger partial charge in [0.05, 0.1) is 12.5 Å². The van der Waals surface area contributed by atoms with E-state index in [9.17, 15) is 28.0 Å². The monoisotopic (exact) mass is 423 g/mol. The maximum Gasteiger partial charge on any atom is 0.325 e. The quantitative estimate of drug-likeness (QED) is 0.573. The second-order valence-corrected chi connectivity index (χ2v) is 7.48. The lowest BCUT2D eigenvalue weighted by Crippen LogP contribution is -2.47. The number of rotatable bonds is 5. The number of piperidine rings is 1. The van der Waals surface area contributed by atoms with Crippen molar-refractivity contribution in [2.45, 2.75) is 32.2 Å². The Kier molecular flexibility index (Phi) is 6.04. The number of nitrogens with one attached hydrogen (secondary N) is 1. The van der Waals surface area contributed by atoms with E-state index in [0.717, 1.165) is 17.0 Å². The molecule has 30 heavy (non-hydrogen) atoms. The van der Waals surface area contributed by atoms with Crippen molar-refractivity contribution < 1.29 is 32.7 Å². The van der Waals surface area contributed by atoms with Gasteiger partial charge in [-0.2, -0.15) is 0 Å². The van der Waals surface area contributed by atoms with Gasteiger partial charge in [-0.25, -0.2) is 13.6 Å². The van der Waals surface area contributed by atoms with E-state index in [-0.39, 0.29) is 24.1 Å². The van der Waals surface area contributed by atoms with Crippen molar-refractivity contribution in [3.63, 3.8) is 0 Å². The fourth-order valence-corrected chi connectivity index (χ4v) is 3.78. The lowest BCUT2D eigenvalue weighted by molar-refractivity contribution is -0.151. The molecule has 162 valence electrons. The van der Waals surface area contributed by atoms with Crippen LogP contribution in [0.3, 0.4) is 0 Å². The van der Waals surface area contributed by atoms with Crippen molar-refractivity contribution in [3.05, 3.63) is 35.4 Å². The van der Waals surface area contributed by atoms with E-state index in [2.05, 4.69) is 5.32 Å². The third kappa shape index (κ3) is 3.99. The highest BCUT2D eigenvalue weighted by atomic mass is 19.1. The number of imide groups is 1. The molecule has 0 unspecified atom stereocenters. The molecular formula is C20H23F2N3O5. The summed E-state index contributed by atoms with van der Waals surface area (Å²) < 4.78 is 32.4. The number of amides is 4. The lowest BCUT2D eigenvalue weighted by atomic mass is 9.91. The number of halogens is 2. The molecule has 0 bridgehead atoms. The predicted molar refractivity (Wildman–Crippen MR) is 99.9 cm³/mol. The van der Waals surface area contributed by atoms with E-state index in [1.54, 1.807) is 6.92 Å². The molecule has 1 aromatic rings. The molecule has 3 rings (SSSR count). The maximum absolute atomic E-state index is 14.2. The molecule has 2 saturated heterocycles. The summed E-state index contributed by atoms with van der Waals surface area (Å²) in [6.45, 7) is 3.41. The number of benzene rings is 1. The van der Waals surface area contributed by atoms with E-state index >= 15 is 0 Å². The Hall–Kier alpha value is -3.04. The van der Waals surface area contributed by atoms with E-state index < -0.39 is 41.6 Å². The minimum Gasteiger partial charge on any atom is -0.466 e. The summed E-state index contributed by atoms with van der Waals surface area (Å²) in [5, 5.41) is 2.39. The van der Waals surface area contributed by atoms with Gasteiger partial charge in [-0.05, 0) is 32.8 Å². The Morgan fingerprint density at radius 3 is 2.50 bits per heavy atom. The van der Waals surface area contributed by atoms with Crippen LogP contribution in [0.15, 0.2) is 18.2 Å². The average molecular weight is 423 g/mol. The van der Waals surface area contributed by atoms with Gasteiger partial charge < -0.3 is 15.0 Å². The van der Waals surface area contributed by atoms with Gasteiger partial charge in [0.1, 0.15) is 23.7 Å². The van der Waals surface area contributed by atoms with Crippen molar-refractivity contribution in [1.29, 1.82) is 0 Å². The summed E-state index contributed by atoms with van der Waals surface area (Å²) >= 11 is 0. The number of esters is 1. The average Bonchev–Trinajstić information content (AvgIpc) is 2.91. The SMILES string of the molecule is CCOC(=O)C1CCN(C(=O)CN2C(=O)N[C@@](C)(c3ccc(F)cc3F)C2=O)CC1. The summed E-state index contributed by atoms with van der Waals surface area (Å²) in [4.78, 5) is 51.8. The summed E-state index contributed by atoms with van der Waals surface area (Å²) in [5.41, 5.74) is -1.93. The largest absolute Gasteiger partial charge is 0.466 e. The summed E-state index contributed by atoms with van der Waals surface area (Å²) in [6.07, 6.45) is 0.868. The maximum atomic E-state index is 14.2. The third-order valence-electron chi connectivity index (χ3n) is 5.51. The lowest BCUT2D eigenvalue weighted by Gasteiger charge is -2.31. The van der Waals surface area contributed by atoms with Crippen LogP contribution in [0.25, 0.3) is 0 Å². The molecule has 2 aliphatic heterocycles. The Morgan fingerprint density at radius 1 is 1.23 bits per heavy atom. The molecule has 2 aliphatic rings. The summed E-state index contributed by atoms with van der Waals surface area (Å²) in [6, 6.07) is 1.88. The van der Waals surface area contributed by atoms with Crippen LogP contribution in [0.2, 0.25) is 0 Å². The molecule has 2 heterocycles. The van der Waals surface area contributed by atoms with E-state index in [1.807, 2.05) is 0 Å². The van der Waals surface area contributed by atoms with Crippen LogP contribution < -0.4 is 5.32 Å². The molecule has 0 aromatic heterocycles. The van der Waals surface area contributed by atoms with Gasteiger partial charge in [-0.3, -0.25) is 19.3 Å². The molecule has 0 aliphatic carbocycles. The number of carbonyl (C=O) groups excluding carboxylic acids is 4. The summed E-state index contributed by atoms with van der Waals surface area (Å²) in [5.74, 6) is -3.61. The predicted octanol–water partition coefficient (Wildman–Crippen LogP) is 1.53. The molecule has 1 aromatic carbocycles. The van der Waals surface area contributed by atoms with Gasteiger partial charge in [-0.1, -0.05) is 6.07 Å². The first-order valence-corrected chi connectivity index (χ1v) is 9.71. The third-order valence-corrected chi connectivity index (χ3v) is 5.51. The van der Waals surface area contributed by atoms with Crippen molar-refractivity contribution in [2.24, 2.45) is 5.92 Å². The molecule has 4 amide bonds.